The van der Waals surface area contributed by atoms with E-state index in [0.717, 1.165) is 18.4 Å². The summed E-state index contributed by atoms with van der Waals surface area (Å²) < 4.78 is 5.57. The zero-order chi connectivity index (χ0) is 16.6. The van der Waals surface area contributed by atoms with Crippen LogP contribution in [0, 0.1) is 11.3 Å². The van der Waals surface area contributed by atoms with Crippen molar-refractivity contribution in [3.05, 3.63) is 35.9 Å². The van der Waals surface area contributed by atoms with Gasteiger partial charge in [0.15, 0.2) is 5.78 Å². The molecular weight excluding hydrogens is 304 g/mol. The molecule has 24 heavy (non-hydrogen) atoms. The molecule has 2 N–H and O–H groups in total. The lowest BCUT2D eigenvalue weighted by molar-refractivity contribution is -0.128. The maximum atomic E-state index is 12.5. The first-order valence-corrected chi connectivity index (χ1v) is 8.88. The highest BCUT2D eigenvalue weighted by Crippen LogP contribution is 2.49. The molecule has 5 heteroatoms. The Hall–Kier alpha value is -1.72. The van der Waals surface area contributed by atoms with Gasteiger partial charge in [0.2, 0.25) is 5.91 Å². The highest BCUT2D eigenvalue weighted by atomic mass is 16.5. The zero-order valence-corrected chi connectivity index (χ0v) is 13.8. The number of carbonyl (C=O) groups is 2. The van der Waals surface area contributed by atoms with Crippen molar-refractivity contribution in [3.63, 3.8) is 0 Å². The van der Waals surface area contributed by atoms with Crippen LogP contribution in [0.4, 0.5) is 0 Å². The molecule has 1 aromatic carbocycles. The Morgan fingerprint density at radius 3 is 2.92 bits per heavy atom. The lowest BCUT2D eigenvalue weighted by Gasteiger charge is -2.26. The third-order valence-electron chi connectivity index (χ3n) is 5.97. The predicted molar refractivity (Wildman–Crippen MR) is 89.2 cm³/mol. The van der Waals surface area contributed by atoms with Crippen molar-refractivity contribution in [1.29, 1.82) is 0 Å². The Morgan fingerprint density at radius 2 is 2.08 bits per heavy atom. The number of rotatable bonds is 5. The molecule has 1 aromatic rings. The van der Waals surface area contributed by atoms with Crippen LogP contribution in [0.1, 0.15) is 31.2 Å². The van der Waals surface area contributed by atoms with Crippen molar-refractivity contribution in [2.45, 2.75) is 44.4 Å². The summed E-state index contributed by atoms with van der Waals surface area (Å²) in [5, 5.41) is 6.44. The number of Topliss-reactive ketones (excluding diaryl/α,β-unsaturated/α-hetero) is 1. The SMILES string of the molecule is O=C(COCc1ccccc1)C1CC2(CN1)C(=O)NC1CCCC12. The molecule has 0 bridgehead atoms. The normalized spacial score (nSPS) is 34.5. The molecular formula is C19H24N2O3. The van der Waals surface area contributed by atoms with E-state index >= 15 is 0 Å². The van der Waals surface area contributed by atoms with Gasteiger partial charge >= 0.3 is 0 Å². The summed E-state index contributed by atoms with van der Waals surface area (Å²) in [5.41, 5.74) is 0.686. The molecule has 3 aliphatic rings. The van der Waals surface area contributed by atoms with Gasteiger partial charge in [-0.1, -0.05) is 36.8 Å². The molecule has 4 atom stereocenters. The van der Waals surface area contributed by atoms with Gasteiger partial charge < -0.3 is 15.4 Å². The minimum Gasteiger partial charge on any atom is -0.369 e. The second kappa shape index (κ2) is 6.30. The summed E-state index contributed by atoms with van der Waals surface area (Å²) in [5.74, 6) is 0.586. The van der Waals surface area contributed by atoms with Crippen molar-refractivity contribution in [1.82, 2.24) is 10.6 Å². The molecule has 1 saturated carbocycles. The Morgan fingerprint density at radius 1 is 1.25 bits per heavy atom. The fourth-order valence-electron chi connectivity index (χ4n) is 4.72. The largest absolute Gasteiger partial charge is 0.369 e. The van der Waals surface area contributed by atoms with Crippen LogP contribution in [0.25, 0.3) is 0 Å². The second-order valence-corrected chi connectivity index (χ2v) is 7.36. The van der Waals surface area contributed by atoms with Crippen molar-refractivity contribution in [2.75, 3.05) is 13.2 Å². The number of hydrogen-bond donors (Lipinski definition) is 2. The number of ketones is 1. The van der Waals surface area contributed by atoms with Crippen LogP contribution in [0.3, 0.4) is 0 Å². The van der Waals surface area contributed by atoms with Crippen LogP contribution in [-0.4, -0.2) is 36.9 Å². The van der Waals surface area contributed by atoms with Crippen molar-refractivity contribution < 1.29 is 14.3 Å². The maximum Gasteiger partial charge on any atom is 0.228 e. The number of hydrogen-bond acceptors (Lipinski definition) is 4. The molecule has 0 aromatic heterocycles. The molecule has 1 aliphatic carbocycles. The summed E-state index contributed by atoms with van der Waals surface area (Å²) in [4.78, 5) is 24.9. The van der Waals surface area contributed by atoms with E-state index in [1.165, 1.54) is 6.42 Å². The Balaban J connectivity index is 1.33. The van der Waals surface area contributed by atoms with Gasteiger partial charge in [-0.3, -0.25) is 9.59 Å². The molecule has 1 spiro atoms. The monoisotopic (exact) mass is 328 g/mol. The van der Waals surface area contributed by atoms with E-state index in [-0.39, 0.29) is 29.8 Å². The van der Waals surface area contributed by atoms with Gasteiger partial charge in [-0.25, -0.2) is 0 Å². The van der Waals surface area contributed by atoms with Crippen LogP contribution in [0.2, 0.25) is 0 Å². The van der Waals surface area contributed by atoms with Gasteiger partial charge in [-0.05, 0) is 30.7 Å². The van der Waals surface area contributed by atoms with E-state index in [1.807, 2.05) is 30.3 Å². The standard InChI is InChI=1S/C19H24N2O3/c22-17(11-24-10-13-5-2-1-3-6-13)16-9-19(12-20-16)14-7-4-8-15(14)21-18(19)23/h1-3,5-6,14-16,20H,4,7-12H2,(H,21,23). The molecule has 2 heterocycles. The van der Waals surface area contributed by atoms with E-state index in [0.29, 0.717) is 31.5 Å². The van der Waals surface area contributed by atoms with Crippen LogP contribution in [0.5, 0.6) is 0 Å². The first-order chi connectivity index (χ1) is 11.7. The van der Waals surface area contributed by atoms with Crippen molar-refractivity contribution in [2.24, 2.45) is 11.3 Å². The topological polar surface area (TPSA) is 67.4 Å². The summed E-state index contributed by atoms with van der Waals surface area (Å²) in [6, 6.07) is 9.90. The van der Waals surface area contributed by atoms with E-state index in [4.69, 9.17) is 4.74 Å². The smallest absolute Gasteiger partial charge is 0.228 e. The van der Waals surface area contributed by atoms with Crippen LogP contribution in [-0.2, 0) is 20.9 Å². The fraction of sp³-hybridized carbons (Fsp3) is 0.579. The zero-order valence-electron chi connectivity index (χ0n) is 13.8. The van der Waals surface area contributed by atoms with Gasteiger partial charge in [0, 0.05) is 12.6 Å². The number of ether oxygens (including phenoxy) is 1. The van der Waals surface area contributed by atoms with E-state index < -0.39 is 0 Å². The first kappa shape index (κ1) is 15.8. The molecule has 2 aliphatic heterocycles. The second-order valence-electron chi connectivity index (χ2n) is 7.36. The Bertz CT molecular complexity index is 633. The van der Waals surface area contributed by atoms with Gasteiger partial charge in [0.25, 0.3) is 0 Å². The molecule has 1 amide bonds. The van der Waals surface area contributed by atoms with E-state index in [9.17, 15) is 9.59 Å². The highest BCUT2D eigenvalue weighted by molar-refractivity contribution is 5.91. The number of fused-ring (bicyclic) bond motifs is 2. The van der Waals surface area contributed by atoms with Gasteiger partial charge in [-0.15, -0.1) is 0 Å². The van der Waals surface area contributed by atoms with Crippen LogP contribution in [0.15, 0.2) is 30.3 Å². The third kappa shape index (κ3) is 2.66. The molecule has 2 saturated heterocycles. The predicted octanol–water partition coefficient (Wildman–Crippen LogP) is 1.42. The number of nitrogens with one attached hydrogen (secondary N) is 2. The molecule has 5 nitrogen and oxygen atoms in total. The molecule has 128 valence electrons. The van der Waals surface area contributed by atoms with Gasteiger partial charge in [-0.2, -0.15) is 0 Å². The maximum absolute atomic E-state index is 12.5. The molecule has 0 radical (unpaired) electrons. The third-order valence-corrected chi connectivity index (χ3v) is 5.97. The summed E-state index contributed by atoms with van der Waals surface area (Å²) in [6.45, 7) is 1.16. The van der Waals surface area contributed by atoms with Crippen molar-refractivity contribution in [3.8, 4) is 0 Å². The number of amides is 1. The average Bonchev–Trinajstić information content (AvgIpc) is 3.28. The molecule has 3 fully saturated rings. The lowest BCUT2D eigenvalue weighted by atomic mass is 9.73. The summed E-state index contributed by atoms with van der Waals surface area (Å²) >= 11 is 0. The molecule has 4 rings (SSSR count). The minimum absolute atomic E-state index is 0.0528. The first-order valence-electron chi connectivity index (χ1n) is 8.88. The average molecular weight is 328 g/mol. The fourth-order valence-corrected chi connectivity index (χ4v) is 4.72. The van der Waals surface area contributed by atoms with Crippen LogP contribution >= 0.6 is 0 Å². The number of carbonyl (C=O) groups excluding carboxylic acids is 2. The molecule has 4 unspecified atom stereocenters. The van der Waals surface area contributed by atoms with Crippen molar-refractivity contribution >= 4 is 11.7 Å². The number of benzene rings is 1. The van der Waals surface area contributed by atoms with Crippen LogP contribution < -0.4 is 10.6 Å². The minimum atomic E-state index is -0.374. The highest BCUT2D eigenvalue weighted by Gasteiger charge is 2.59. The summed E-state index contributed by atoms with van der Waals surface area (Å²) in [7, 11) is 0. The van der Waals surface area contributed by atoms with Gasteiger partial charge in [0.1, 0.15) is 6.61 Å². The Labute approximate surface area is 142 Å². The van der Waals surface area contributed by atoms with E-state index in [1.54, 1.807) is 0 Å². The quantitative estimate of drug-likeness (QED) is 0.858. The Kier molecular flexibility index (Phi) is 4.14. The summed E-state index contributed by atoms with van der Waals surface area (Å²) in [6.07, 6.45) is 3.97. The van der Waals surface area contributed by atoms with E-state index in [2.05, 4.69) is 10.6 Å². The van der Waals surface area contributed by atoms with Gasteiger partial charge in [0.05, 0.1) is 18.1 Å². The lowest BCUT2D eigenvalue weighted by Crippen LogP contribution is -2.37.